The third-order valence-corrected chi connectivity index (χ3v) is 5.15. The van der Waals surface area contributed by atoms with Crippen molar-refractivity contribution in [1.82, 2.24) is 0 Å². The van der Waals surface area contributed by atoms with Gasteiger partial charge in [0.25, 0.3) is 0 Å². The van der Waals surface area contributed by atoms with E-state index in [-0.39, 0.29) is 5.41 Å². The highest BCUT2D eigenvalue weighted by molar-refractivity contribution is 9.11. The minimum Gasteiger partial charge on any atom is -0.300 e. The molecule has 0 radical (unpaired) electrons. The Kier molecular flexibility index (Phi) is 2.68. The molecule has 1 saturated carbocycles. The van der Waals surface area contributed by atoms with E-state index in [1.807, 2.05) is 12.1 Å². The van der Waals surface area contributed by atoms with Gasteiger partial charge in [0.2, 0.25) is 0 Å². The molecule has 17 heavy (non-hydrogen) atoms. The van der Waals surface area contributed by atoms with Crippen LogP contribution in [0.1, 0.15) is 36.8 Å². The summed E-state index contributed by atoms with van der Waals surface area (Å²) in [5.41, 5.74) is 2.55. The van der Waals surface area contributed by atoms with E-state index >= 15 is 0 Å². The highest BCUT2D eigenvalue weighted by atomic mass is 79.9. The second kappa shape index (κ2) is 3.96. The molecule has 1 nitrogen and oxygen atoms in total. The van der Waals surface area contributed by atoms with Crippen LogP contribution in [0.3, 0.4) is 0 Å². The van der Waals surface area contributed by atoms with Crippen molar-refractivity contribution in [2.75, 3.05) is 0 Å². The maximum absolute atomic E-state index is 11.4. The van der Waals surface area contributed by atoms with Gasteiger partial charge >= 0.3 is 0 Å². The van der Waals surface area contributed by atoms with Crippen molar-refractivity contribution in [2.24, 2.45) is 0 Å². The summed E-state index contributed by atoms with van der Waals surface area (Å²) in [5.74, 6) is 0.387. The lowest BCUT2D eigenvalue weighted by molar-refractivity contribution is -0.121. The van der Waals surface area contributed by atoms with Crippen molar-refractivity contribution in [2.45, 2.75) is 31.1 Å². The van der Waals surface area contributed by atoms with Gasteiger partial charge in [-0.25, -0.2) is 0 Å². The minimum absolute atomic E-state index is 0.0355. The number of hydrogen-bond donors (Lipinski definition) is 0. The smallest absolute Gasteiger partial charge is 0.133 e. The van der Waals surface area contributed by atoms with Gasteiger partial charge in [-0.05, 0) is 42.2 Å². The van der Waals surface area contributed by atoms with E-state index in [0.29, 0.717) is 18.6 Å². The van der Waals surface area contributed by atoms with Gasteiger partial charge in [0, 0.05) is 27.8 Å². The molecule has 1 aromatic carbocycles. The fourth-order valence-corrected chi connectivity index (χ4v) is 3.99. The first-order valence-electron chi connectivity index (χ1n) is 5.81. The first-order chi connectivity index (χ1) is 8.12. The molecule has 0 aromatic heterocycles. The van der Waals surface area contributed by atoms with Gasteiger partial charge < -0.3 is 0 Å². The predicted molar refractivity (Wildman–Crippen MR) is 73.5 cm³/mol. The number of hydrogen-bond acceptors (Lipinski definition) is 1. The fraction of sp³-hybridized carbons (Fsp3) is 0.357. The molecule has 3 heteroatoms. The Labute approximate surface area is 114 Å². The van der Waals surface area contributed by atoms with Gasteiger partial charge in [0.05, 0.1) is 0 Å². The molecule has 0 saturated heterocycles. The summed E-state index contributed by atoms with van der Waals surface area (Å²) < 4.78 is 1.20. The molecule has 0 aliphatic heterocycles. The number of carbonyl (C=O) groups is 1. The Balaban J connectivity index is 2.09. The van der Waals surface area contributed by atoms with Gasteiger partial charge in [-0.15, -0.1) is 0 Å². The van der Waals surface area contributed by atoms with Crippen molar-refractivity contribution < 1.29 is 4.79 Å². The molecule has 0 bridgehead atoms. The molecule has 0 amide bonds. The quantitative estimate of drug-likeness (QED) is 0.691. The average Bonchev–Trinajstić information content (AvgIpc) is 2.55. The van der Waals surface area contributed by atoms with Gasteiger partial charge in [-0.3, -0.25) is 4.79 Å². The van der Waals surface area contributed by atoms with Crippen molar-refractivity contribution in [3.05, 3.63) is 38.8 Å². The highest BCUT2D eigenvalue weighted by Crippen LogP contribution is 2.52. The van der Waals surface area contributed by atoms with Crippen molar-refractivity contribution in [1.29, 1.82) is 0 Å². The van der Waals surface area contributed by atoms with Gasteiger partial charge in [-0.1, -0.05) is 33.6 Å². The molecule has 1 fully saturated rings. The van der Waals surface area contributed by atoms with Crippen LogP contribution in [0.2, 0.25) is 5.02 Å². The zero-order valence-corrected chi connectivity index (χ0v) is 11.6. The normalized spacial score (nSPS) is 21.5. The largest absolute Gasteiger partial charge is 0.300 e. The Morgan fingerprint density at radius 2 is 1.94 bits per heavy atom. The maximum Gasteiger partial charge on any atom is 0.133 e. The SMILES string of the molecule is O=C1CCC2(CC1)C(Br)=Cc1cc(Cl)ccc12. The van der Waals surface area contributed by atoms with Crippen molar-refractivity contribution >= 4 is 39.4 Å². The second-order valence-electron chi connectivity index (χ2n) is 4.84. The van der Waals surface area contributed by atoms with Crippen LogP contribution in [0.5, 0.6) is 0 Å². The van der Waals surface area contributed by atoms with Crippen molar-refractivity contribution in [3.63, 3.8) is 0 Å². The van der Waals surface area contributed by atoms with Crippen LogP contribution < -0.4 is 0 Å². The van der Waals surface area contributed by atoms with E-state index in [1.54, 1.807) is 0 Å². The van der Waals surface area contributed by atoms with Crippen LogP contribution in [0.25, 0.3) is 6.08 Å². The maximum atomic E-state index is 11.4. The lowest BCUT2D eigenvalue weighted by Crippen LogP contribution is -2.30. The van der Waals surface area contributed by atoms with Gasteiger partial charge in [-0.2, -0.15) is 0 Å². The summed E-state index contributed by atoms with van der Waals surface area (Å²) in [4.78, 5) is 11.4. The number of ketones is 1. The molecule has 2 aliphatic carbocycles. The molecule has 1 aromatic rings. The first-order valence-corrected chi connectivity index (χ1v) is 6.98. The van der Waals surface area contributed by atoms with Crippen LogP contribution in [0.15, 0.2) is 22.7 Å². The number of allylic oxidation sites excluding steroid dienone is 1. The first kappa shape index (κ1) is 11.5. The van der Waals surface area contributed by atoms with Crippen LogP contribution in [0, 0.1) is 0 Å². The average molecular weight is 312 g/mol. The Morgan fingerprint density at radius 3 is 2.65 bits per heavy atom. The molecule has 0 atom stereocenters. The second-order valence-corrected chi connectivity index (χ2v) is 6.14. The summed E-state index contributed by atoms with van der Waals surface area (Å²) in [5, 5.41) is 0.768. The van der Waals surface area contributed by atoms with E-state index in [1.165, 1.54) is 15.6 Å². The number of fused-ring (bicyclic) bond motifs is 2. The number of benzene rings is 1. The van der Waals surface area contributed by atoms with Gasteiger partial charge in [0.1, 0.15) is 5.78 Å². The molecular formula is C14H12BrClO. The number of carbonyl (C=O) groups excluding carboxylic acids is 1. The third-order valence-electron chi connectivity index (χ3n) is 3.93. The summed E-state index contributed by atoms with van der Waals surface area (Å²) in [7, 11) is 0. The van der Waals surface area contributed by atoms with E-state index in [0.717, 1.165) is 17.9 Å². The monoisotopic (exact) mass is 310 g/mol. The molecule has 0 N–H and O–H groups in total. The molecule has 3 rings (SSSR count). The zero-order chi connectivity index (χ0) is 12.0. The number of Topliss-reactive ketones (excluding diaryl/α,β-unsaturated/α-hetero) is 1. The lowest BCUT2D eigenvalue weighted by Gasteiger charge is -2.35. The number of rotatable bonds is 0. The molecule has 2 aliphatic rings. The van der Waals surface area contributed by atoms with Crippen LogP contribution >= 0.6 is 27.5 Å². The van der Waals surface area contributed by atoms with E-state index < -0.39 is 0 Å². The highest BCUT2D eigenvalue weighted by Gasteiger charge is 2.42. The van der Waals surface area contributed by atoms with Gasteiger partial charge in [0.15, 0.2) is 0 Å². The van der Waals surface area contributed by atoms with Crippen LogP contribution in [-0.2, 0) is 10.2 Å². The standard InChI is InChI=1S/C14H12BrClO/c15-13-8-9-7-10(16)1-2-12(9)14(13)5-3-11(17)4-6-14/h1-2,7-8H,3-6H2. The molecular weight excluding hydrogens is 300 g/mol. The Morgan fingerprint density at radius 1 is 1.24 bits per heavy atom. The lowest BCUT2D eigenvalue weighted by atomic mass is 9.70. The Hall–Kier alpha value is -0.600. The Bertz CT molecular complexity index is 523. The number of halogens is 2. The summed E-state index contributed by atoms with van der Waals surface area (Å²) in [6.45, 7) is 0. The summed E-state index contributed by atoms with van der Waals surface area (Å²) in [6.07, 6.45) is 5.35. The topological polar surface area (TPSA) is 17.1 Å². The fourth-order valence-electron chi connectivity index (χ4n) is 2.96. The summed E-state index contributed by atoms with van der Waals surface area (Å²) >= 11 is 9.71. The van der Waals surface area contributed by atoms with Crippen molar-refractivity contribution in [3.8, 4) is 0 Å². The molecule has 88 valence electrons. The summed E-state index contributed by atoms with van der Waals surface area (Å²) in [6, 6.07) is 6.06. The third kappa shape index (κ3) is 1.69. The minimum atomic E-state index is 0.0355. The van der Waals surface area contributed by atoms with E-state index in [9.17, 15) is 4.79 Å². The molecule has 0 unspecified atom stereocenters. The van der Waals surface area contributed by atoms with Crippen LogP contribution in [0.4, 0.5) is 0 Å². The van der Waals surface area contributed by atoms with E-state index in [4.69, 9.17) is 11.6 Å². The molecule has 0 heterocycles. The van der Waals surface area contributed by atoms with E-state index in [2.05, 4.69) is 28.1 Å². The molecule has 1 spiro atoms. The zero-order valence-electron chi connectivity index (χ0n) is 9.30. The van der Waals surface area contributed by atoms with Crippen LogP contribution in [-0.4, -0.2) is 5.78 Å². The predicted octanol–water partition coefficient (Wildman–Crippen LogP) is 4.47.